The SMILES string of the molecule is CCC(NC1=NC(C)CCS1)c1nccs1. The summed E-state index contributed by atoms with van der Waals surface area (Å²) in [4.78, 5) is 8.99. The van der Waals surface area contributed by atoms with Crippen molar-refractivity contribution < 1.29 is 0 Å². The van der Waals surface area contributed by atoms with Crippen molar-refractivity contribution in [2.75, 3.05) is 5.75 Å². The van der Waals surface area contributed by atoms with E-state index in [1.54, 1.807) is 11.3 Å². The third kappa shape index (κ3) is 2.98. The molecule has 0 amide bonds. The van der Waals surface area contributed by atoms with Crippen molar-refractivity contribution in [3.05, 3.63) is 16.6 Å². The van der Waals surface area contributed by atoms with Crippen LogP contribution in [0.2, 0.25) is 0 Å². The van der Waals surface area contributed by atoms with E-state index < -0.39 is 0 Å². The molecule has 1 aliphatic rings. The van der Waals surface area contributed by atoms with Gasteiger partial charge in [0.1, 0.15) is 5.01 Å². The Hall–Kier alpha value is -0.550. The van der Waals surface area contributed by atoms with E-state index >= 15 is 0 Å². The maximum absolute atomic E-state index is 4.63. The first-order chi connectivity index (χ1) is 7.79. The molecule has 2 heterocycles. The largest absolute Gasteiger partial charge is 0.356 e. The highest BCUT2D eigenvalue weighted by Gasteiger charge is 2.17. The van der Waals surface area contributed by atoms with Gasteiger partial charge in [0.25, 0.3) is 0 Å². The monoisotopic (exact) mass is 255 g/mol. The molecule has 2 atom stereocenters. The average Bonchev–Trinajstić information content (AvgIpc) is 2.79. The lowest BCUT2D eigenvalue weighted by Gasteiger charge is -2.21. The lowest BCUT2D eigenvalue weighted by molar-refractivity contribution is 0.616. The zero-order chi connectivity index (χ0) is 11.4. The Labute approximate surface area is 105 Å². The van der Waals surface area contributed by atoms with Crippen molar-refractivity contribution in [1.82, 2.24) is 10.3 Å². The van der Waals surface area contributed by atoms with Crippen LogP contribution in [0, 0.1) is 0 Å². The van der Waals surface area contributed by atoms with E-state index in [0.717, 1.165) is 16.6 Å². The number of nitrogens with one attached hydrogen (secondary N) is 1. The normalized spacial score (nSPS) is 22.6. The van der Waals surface area contributed by atoms with Gasteiger partial charge in [0.15, 0.2) is 5.17 Å². The Balaban J connectivity index is 2.02. The summed E-state index contributed by atoms with van der Waals surface area (Å²) in [6.45, 7) is 4.35. The van der Waals surface area contributed by atoms with E-state index in [1.807, 2.05) is 23.3 Å². The molecule has 0 fully saturated rings. The summed E-state index contributed by atoms with van der Waals surface area (Å²) < 4.78 is 0. The topological polar surface area (TPSA) is 37.3 Å². The van der Waals surface area contributed by atoms with Gasteiger partial charge in [-0.25, -0.2) is 4.98 Å². The molecule has 16 heavy (non-hydrogen) atoms. The summed E-state index contributed by atoms with van der Waals surface area (Å²) in [5.41, 5.74) is 0. The van der Waals surface area contributed by atoms with Gasteiger partial charge >= 0.3 is 0 Å². The zero-order valence-electron chi connectivity index (χ0n) is 9.64. The minimum Gasteiger partial charge on any atom is -0.356 e. The van der Waals surface area contributed by atoms with Crippen LogP contribution in [0.5, 0.6) is 0 Å². The first-order valence-electron chi connectivity index (χ1n) is 5.66. The molecule has 0 aromatic carbocycles. The maximum Gasteiger partial charge on any atom is 0.157 e. The summed E-state index contributed by atoms with van der Waals surface area (Å²) >= 11 is 3.53. The molecule has 1 aliphatic heterocycles. The van der Waals surface area contributed by atoms with Crippen LogP contribution in [0.4, 0.5) is 0 Å². The van der Waals surface area contributed by atoms with Crippen molar-refractivity contribution in [2.45, 2.75) is 38.8 Å². The predicted octanol–water partition coefficient (Wildman–Crippen LogP) is 3.07. The second kappa shape index (κ2) is 5.68. The summed E-state index contributed by atoms with van der Waals surface area (Å²) in [5.74, 6) is 1.17. The molecule has 1 aromatic rings. The van der Waals surface area contributed by atoms with Gasteiger partial charge < -0.3 is 5.32 Å². The van der Waals surface area contributed by atoms with Crippen LogP contribution in [0.1, 0.15) is 37.7 Å². The fraction of sp³-hybridized carbons (Fsp3) is 0.636. The Morgan fingerprint density at radius 1 is 1.62 bits per heavy atom. The van der Waals surface area contributed by atoms with Crippen LogP contribution < -0.4 is 5.32 Å². The lowest BCUT2D eigenvalue weighted by atomic mass is 10.2. The number of thioether (sulfide) groups is 1. The maximum atomic E-state index is 4.63. The second-order valence-corrected chi connectivity index (χ2v) is 5.91. The van der Waals surface area contributed by atoms with Crippen LogP contribution in [-0.4, -0.2) is 21.9 Å². The standard InChI is InChI=1S/C11H17N3S2/c1-3-9(10-12-5-7-15-10)14-11-13-8(2)4-6-16-11/h5,7-9H,3-4,6H2,1-2H3,(H,13,14). The molecule has 0 bridgehead atoms. The van der Waals surface area contributed by atoms with E-state index in [9.17, 15) is 0 Å². The van der Waals surface area contributed by atoms with Gasteiger partial charge in [-0.05, 0) is 19.8 Å². The van der Waals surface area contributed by atoms with Gasteiger partial charge in [0.2, 0.25) is 0 Å². The van der Waals surface area contributed by atoms with Gasteiger partial charge in [-0.1, -0.05) is 18.7 Å². The number of aromatic nitrogens is 1. The summed E-state index contributed by atoms with van der Waals surface area (Å²) in [7, 11) is 0. The molecular weight excluding hydrogens is 238 g/mol. The van der Waals surface area contributed by atoms with Crippen molar-refractivity contribution >= 4 is 28.3 Å². The molecule has 3 nitrogen and oxygen atoms in total. The first kappa shape index (κ1) is 11.9. The summed E-state index contributed by atoms with van der Waals surface area (Å²) in [5, 5.41) is 7.77. The van der Waals surface area contributed by atoms with Gasteiger partial charge in [0, 0.05) is 17.3 Å². The molecule has 2 unspecified atom stereocenters. The molecule has 0 aliphatic carbocycles. The van der Waals surface area contributed by atoms with Gasteiger partial charge in [-0.15, -0.1) is 11.3 Å². The number of rotatable bonds is 3. The Bertz CT molecular complexity index is 348. The highest BCUT2D eigenvalue weighted by Crippen LogP contribution is 2.22. The Morgan fingerprint density at radius 2 is 2.50 bits per heavy atom. The van der Waals surface area contributed by atoms with Crippen molar-refractivity contribution in [2.24, 2.45) is 4.99 Å². The van der Waals surface area contributed by atoms with E-state index in [1.165, 1.54) is 12.2 Å². The third-order valence-corrected chi connectivity index (χ3v) is 4.39. The summed E-state index contributed by atoms with van der Waals surface area (Å²) in [6.07, 6.45) is 4.09. The van der Waals surface area contributed by atoms with Crippen LogP contribution in [0.3, 0.4) is 0 Å². The molecule has 0 saturated heterocycles. The average molecular weight is 255 g/mol. The van der Waals surface area contributed by atoms with Crippen molar-refractivity contribution in [3.8, 4) is 0 Å². The summed E-state index contributed by atoms with van der Waals surface area (Å²) in [6, 6.07) is 0.772. The van der Waals surface area contributed by atoms with Crippen LogP contribution in [-0.2, 0) is 0 Å². The fourth-order valence-corrected chi connectivity index (χ4v) is 3.51. The van der Waals surface area contributed by atoms with Crippen LogP contribution >= 0.6 is 23.1 Å². The molecule has 5 heteroatoms. The first-order valence-corrected chi connectivity index (χ1v) is 7.52. The van der Waals surface area contributed by atoms with Crippen LogP contribution in [0.15, 0.2) is 16.6 Å². The molecule has 0 spiro atoms. The van der Waals surface area contributed by atoms with E-state index in [4.69, 9.17) is 0 Å². The minimum atomic E-state index is 0.316. The minimum absolute atomic E-state index is 0.316. The quantitative estimate of drug-likeness (QED) is 0.902. The Kier molecular flexibility index (Phi) is 4.23. The lowest BCUT2D eigenvalue weighted by Crippen LogP contribution is -2.29. The highest BCUT2D eigenvalue weighted by atomic mass is 32.2. The smallest absolute Gasteiger partial charge is 0.157 e. The molecule has 1 N–H and O–H groups in total. The highest BCUT2D eigenvalue weighted by molar-refractivity contribution is 8.13. The van der Waals surface area contributed by atoms with Gasteiger partial charge in [0.05, 0.1) is 12.1 Å². The third-order valence-electron chi connectivity index (χ3n) is 2.57. The second-order valence-electron chi connectivity index (χ2n) is 3.90. The number of hydrogen-bond acceptors (Lipinski definition) is 5. The van der Waals surface area contributed by atoms with Gasteiger partial charge in [-0.2, -0.15) is 0 Å². The van der Waals surface area contributed by atoms with Crippen molar-refractivity contribution in [1.29, 1.82) is 0 Å². The van der Waals surface area contributed by atoms with E-state index in [-0.39, 0.29) is 0 Å². The molecule has 2 rings (SSSR count). The molecule has 1 aromatic heterocycles. The number of hydrogen-bond donors (Lipinski definition) is 1. The number of amidine groups is 1. The van der Waals surface area contributed by atoms with E-state index in [2.05, 4.69) is 29.1 Å². The van der Waals surface area contributed by atoms with Crippen molar-refractivity contribution in [3.63, 3.8) is 0 Å². The number of thiazole rings is 1. The molecule has 0 saturated carbocycles. The predicted molar refractivity (Wildman–Crippen MR) is 72.3 cm³/mol. The number of nitrogens with zero attached hydrogens (tertiary/aromatic N) is 2. The Morgan fingerprint density at radius 3 is 3.12 bits per heavy atom. The molecular formula is C11H17N3S2. The number of aliphatic imine (C=N–C) groups is 1. The fourth-order valence-electron chi connectivity index (χ4n) is 1.60. The van der Waals surface area contributed by atoms with E-state index in [0.29, 0.717) is 12.1 Å². The molecule has 0 radical (unpaired) electrons. The zero-order valence-corrected chi connectivity index (χ0v) is 11.3. The van der Waals surface area contributed by atoms with Gasteiger partial charge in [-0.3, -0.25) is 4.99 Å². The van der Waals surface area contributed by atoms with Crippen LogP contribution in [0.25, 0.3) is 0 Å². The molecule has 88 valence electrons.